The number of ether oxygens (including phenoxy) is 1. The zero-order valence-electron chi connectivity index (χ0n) is 10.8. The van der Waals surface area contributed by atoms with E-state index in [1.165, 1.54) is 20.0 Å². The van der Waals surface area contributed by atoms with E-state index >= 15 is 0 Å². The molecule has 2 nitrogen and oxygen atoms in total. The second kappa shape index (κ2) is 7.72. The molecule has 0 aliphatic heterocycles. The summed E-state index contributed by atoms with van der Waals surface area (Å²) < 4.78 is 4.90. The van der Waals surface area contributed by atoms with Gasteiger partial charge in [0.05, 0.1) is 12.5 Å². The zero-order chi connectivity index (χ0) is 11.7. The van der Waals surface area contributed by atoms with Crippen molar-refractivity contribution in [3.05, 3.63) is 0 Å². The number of unbranched alkanes of at least 4 members (excludes halogenated alkanes) is 3. The van der Waals surface area contributed by atoms with Crippen molar-refractivity contribution in [2.45, 2.75) is 65.7 Å². The van der Waals surface area contributed by atoms with Gasteiger partial charge >= 0.3 is 5.97 Å². The van der Waals surface area contributed by atoms with E-state index in [1.54, 1.807) is 0 Å². The first-order valence-electron chi connectivity index (χ1n) is 6.19. The average molecular weight is 214 g/mol. The number of hydrogen-bond acceptors (Lipinski definition) is 2. The molecule has 15 heavy (non-hydrogen) atoms. The van der Waals surface area contributed by atoms with Crippen molar-refractivity contribution in [3.63, 3.8) is 0 Å². The van der Waals surface area contributed by atoms with Crippen LogP contribution in [-0.4, -0.2) is 13.1 Å². The van der Waals surface area contributed by atoms with E-state index in [9.17, 15) is 4.79 Å². The fourth-order valence-corrected chi connectivity index (χ4v) is 1.91. The molecule has 0 fully saturated rings. The van der Waals surface area contributed by atoms with Crippen molar-refractivity contribution in [1.29, 1.82) is 0 Å². The Hall–Kier alpha value is -0.530. The van der Waals surface area contributed by atoms with Crippen LogP contribution in [0.2, 0.25) is 0 Å². The smallest absolute Gasteiger partial charge is 0.311 e. The van der Waals surface area contributed by atoms with Gasteiger partial charge in [0.25, 0.3) is 0 Å². The number of carbonyl (C=O) groups is 1. The van der Waals surface area contributed by atoms with Gasteiger partial charge in [-0.3, -0.25) is 4.79 Å². The largest absolute Gasteiger partial charge is 0.469 e. The monoisotopic (exact) mass is 214 g/mol. The van der Waals surface area contributed by atoms with Crippen LogP contribution in [0.5, 0.6) is 0 Å². The summed E-state index contributed by atoms with van der Waals surface area (Å²) in [5.41, 5.74) is -0.250. The number of methoxy groups -OCH3 is 1. The molecule has 90 valence electrons. The van der Waals surface area contributed by atoms with Crippen molar-refractivity contribution in [2.75, 3.05) is 7.11 Å². The van der Waals surface area contributed by atoms with Crippen molar-refractivity contribution in [2.24, 2.45) is 5.41 Å². The van der Waals surface area contributed by atoms with Gasteiger partial charge in [-0.1, -0.05) is 46.0 Å². The molecule has 0 radical (unpaired) electrons. The molecular weight excluding hydrogens is 188 g/mol. The summed E-state index contributed by atoms with van der Waals surface area (Å²) in [6.07, 6.45) is 7.71. The van der Waals surface area contributed by atoms with Crippen LogP contribution >= 0.6 is 0 Å². The van der Waals surface area contributed by atoms with Gasteiger partial charge in [-0.2, -0.15) is 0 Å². The summed E-state index contributed by atoms with van der Waals surface area (Å²) in [6, 6.07) is 0. The first kappa shape index (κ1) is 14.5. The van der Waals surface area contributed by atoms with Gasteiger partial charge in [-0.15, -0.1) is 0 Å². The molecule has 0 aliphatic carbocycles. The first-order valence-corrected chi connectivity index (χ1v) is 6.19. The second-order valence-electron chi connectivity index (χ2n) is 4.61. The summed E-state index contributed by atoms with van der Waals surface area (Å²) in [5.74, 6) is -0.0351. The van der Waals surface area contributed by atoms with Crippen molar-refractivity contribution in [3.8, 4) is 0 Å². The zero-order valence-corrected chi connectivity index (χ0v) is 10.8. The third-order valence-electron chi connectivity index (χ3n) is 3.09. The number of hydrogen-bond donors (Lipinski definition) is 0. The molecule has 0 bridgehead atoms. The van der Waals surface area contributed by atoms with Gasteiger partial charge < -0.3 is 4.74 Å². The van der Waals surface area contributed by atoms with Gasteiger partial charge in [0.2, 0.25) is 0 Å². The SMILES string of the molecule is CCCCCC(C)(CCCC)C(=O)OC. The summed E-state index contributed by atoms with van der Waals surface area (Å²) in [5, 5.41) is 0. The van der Waals surface area contributed by atoms with Gasteiger partial charge in [0.1, 0.15) is 0 Å². The van der Waals surface area contributed by atoms with Gasteiger partial charge in [0.15, 0.2) is 0 Å². The van der Waals surface area contributed by atoms with Crippen LogP contribution in [0.4, 0.5) is 0 Å². The maximum absolute atomic E-state index is 11.7. The van der Waals surface area contributed by atoms with Crippen LogP contribution in [0.1, 0.15) is 65.7 Å². The summed E-state index contributed by atoms with van der Waals surface area (Å²) >= 11 is 0. The first-order chi connectivity index (χ1) is 7.10. The fraction of sp³-hybridized carbons (Fsp3) is 0.923. The van der Waals surface area contributed by atoms with Gasteiger partial charge in [0, 0.05) is 0 Å². The van der Waals surface area contributed by atoms with E-state index in [4.69, 9.17) is 4.74 Å². The lowest BCUT2D eigenvalue weighted by atomic mass is 9.80. The van der Waals surface area contributed by atoms with Crippen LogP contribution in [-0.2, 0) is 9.53 Å². The minimum atomic E-state index is -0.250. The fourth-order valence-electron chi connectivity index (χ4n) is 1.91. The standard InChI is InChI=1S/C13H26O2/c1-5-7-9-11-13(3,10-8-6-2)12(14)15-4/h5-11H2,1-4H3. The van der Waals surface area contributed by atoms with E-state index in [0.29, 0.717) is 0 Å². The Kier molecular flexibility index (Phi) is 7.45. The van der Waals surface area contributed by atoms with E-state index in [0.717, 1.165) is 32.1 Å². The Morgan fingerprint density at radius 1 is 1.07 bits per heavy atom. The molecule has 0 aromatic carbocycles. The van der Waals surface area contributed by atoms with Crippen LogP contribution in [0.25, 0.3) is 0 Å². The highest BCUT2D eigenvalue weighted by molar-refractivity contribution is 5.76. The van der Waals surface area contributed by atoms with E-state index in [2.05, 4.69) is 13.8 Å². The maximum Gasteiger partial charge on any atom is 0.311 e. The Balaban J connectivity index is 4.20. The van der Waals surface area contributed by atoms with E-state index in [-0.39, 0.29) is 11.4 Å². The Morgan fingerprint density at radius 3 is 2.07 bits per heavy atom. The van der Waals surface area contributed by atoms with Crippen molar-refractivity contribution in [1.82, 2.24) is 0 Å². The number of carbonyl (C=O) groups excluding carboxylic acids is 1. The topological polar surface area (TPSA) is 26.3 Å². The van der Waals surface area contributed by atoms with Crippen LogP contribution in [0.15, 0.2) is 0 Å². The molecular formula is C13H26O2. The normalized spacial score (nSPS) is 14.7. The predicted molar refractivity (Wildman–Crippen MR) is 63.8 cm³/mol. The quantitative estimate of drug-likeness (QED) is 0.452. The molecule has 0 rings (SSSR count). The van der Waals surface area contributed by atoms with Crippen molar-refractivity contribution >= 4 is 5.97 Å². The Morgan fingerprint density at radius 2 is 1.60 bits per heavy atom. The van der Waals surface area contributed by atoms with Gasteiger partial charge in [-0.05, 0) is 19.8 Å². The molecule has 0 aromatic rings. The average Bonchev–Trinajstić information content (AvgIpc) is 2.25. The third kappa shape index (κ3) is 5.19. The molecule has 0 amide bonds. The summed E-state index contributed by atoms with van der Waals surface area (Å²) in [7, 11) is 1.49. The highest BCUT2D eigenvalue weighted by Gasteiger charge is 2.32. The molecule has 0 spiro atoms. The molecule has 0 aromatic heterocycles. The highest BCUT2D eigenvalue weighted by atomic mass is 16.5. The van der Waals surface area contributed by atoms with Gasteiger partial charge in [-0.25, -0.2) is 0 Å². The molecule has 2 heteroatoms. The van der Waals surface area contributed by atoms with Crippen LogP contribution in [0.3, 0.4) is 0 Å². The molecule has 0 saturated heterocycles. The van der Waals surface area contributed by atoms with Crippen molar-refractivity contribution < 1.29 is 9.53 Å². The third-order valence-corrected chi connectivity index (χ3v) is 3.09. The molecule has 0 aliphatic rings. The minimum absolute atomic E-state index is 0.0351. The number of esters is 1. The molecule has 0 heterocycles. The predicted octanol–water partition coefficient (Wildman–Crippen LogP) is 3.94. The van der Waals surface area contributed by atoms with E-state index in [1.807, 2.05) is 6.92 Å². The molecule has 1 atom stereocenters. The molecule has 1 unspecified atom stereocenters. The molecule has 0 saturated carbocycles. The summed E-state index contributed by atoms with van der Waals surface area (Å²) in [4.78, 5) is 11.7. The lowest BCUT2D eigenvalue weighted by Gasteiger charge is -2.26. The minimum Gasteiger partial charge on any atom is -0.469 e. The number of rotatable bonds is 8. The highest BCUT2D eigenvalue weighted by Crippen LogP contribution is 2.32. The second-order valence-corrected chi connectivity index (χ2v) is 4.61. The van der Waals surface area contributed by atoms with Crippen LogP contribution in [0, 0.1) is 5.41 Å². The Bertz CT molecular complexity index is 177. The summed E-state index contributed by atoms with van der Waals surface area (Å²) in [6.45, 7) is 6.38. The molecule has 0 N–H and O–H groups in total. The lowest BCUT2D eigenvalue weighted by Crippen LogP contribution is -2.29. The van der Waals surface area contributed by atoms with Crippen LogP contribution < -0.4 is 0 Å². The van der Waals surface area contributed by atoms with E-state index < -0.39 is 0 Å². The lowest BCUT2D eigenvalue weighted by molar-refractivity contribution is -0.152. The Labute approximate surface area is 94.4 Å². The maximum atomic E-state index is 11.7.